The van der Waals surface area contributed by atoms with Gasteiger partial charge in [-0.05, 0) is 18.2 Å². The number of aromatic amines is 1. The van der Waals surface area contributed by atoms with Crippen LogP contribution in [0.3, 0.4) is 0 Å². The van der Waals surface area contributed by atoms with Gasteiger partial charge in [-0.15, -0.1) is 0 Å². The molecule has 6 nitrogen and oxygen atoms in total. The van der Waals surface area contributed by atoms with E-state index in [-0.39, 0.29) is 22.5 Å². The Morgan fingerprint density at radius 3 is 2.48 bits per heavy atom. The van der Waals surface area contributed by atoms with Crippen molar-refractivity contribution in [3.05, 3.63) is 83.3 Å². The first kappa shape index (κ1) is 18.5. The Kier molecular flexibility index (Phi) is 4.42. The molecule has 2 heterocycles. The first-order valence-corrected chi connectivity index (χ1v) is 8.48. The number of pyridine rings is 1. The van der Waals surface area contributed by atoms with Gasteiger partial charge >= 0.3 is 6.18 Å². The number of nitrogens with one attached hydrogen (secondary N) is 2. The van der Waals surface area contributed by atoms with Crippen LogP contribution >= 0.6 is 0 Å². The molecular weight excluding hydrogens is 385 g/mol. The van der Waals surface area contributed by atoms with Gasteiger partial charge in [0, 0.05) is 17.7 Å². The van der Waals surface area contributed by atoms with Gasteiger partial charge in [0.2, 0.25) is 0 Å². The number of carbonyl (C=O) groups is 1. The quantitative estimate of drug-likeness (QED) is 0.402. The highest BCUT2D eigenvalue weighted by atomic mass is 19.4. The van der Waals surface area contributed by atoms with Crippen LogP contribution in [-0.2, 0) is 6.18 Å². The summed E-state index contributed by atoms with van der Waals surface area (Å²) in [4.78, 5) is 19.8. The normalized spacial score (nSPS) is 11.6. The molecule has 0 atom stereocenters. The minimum Gasteiger partial charge on any atom is -0.619 e. The molecule has 2 N–H and O–H groups in total. The van der Waals surface area contributed by atoms with Crippen LogP contribution in [-0.4, -0.2) is 15.9 Å². The lowest BCUT2D eigenvalue weighted by molar-refractivity contribution is -0.605. The maximum Gasteiger partial charge on any atom is 0.417 e. The molecule has 0 saturated heterocycles. The van der Waals surface area contributed by atoms with Crippen LogP contribution in [0, 0.1) is 5.21 Å². The number of carbonyl (C=O) groups excluding carboxylic acids is 1. The molecule has 0 unspecified atom stereocenters. The Morgan fingerprint density at radius 2 is 1.76 bits per heavy atom. The van der Waals surface area contributed by atoms with Crippen molar-refractivity contribution in [2.24, 2.45) is 0 Å². The van der Waals surface area contributed by atoms with Crippen molar-refractivity contribution < 1.29 is 22.7 Å². The van der Waals surface area contributed by atoms with E-state index in [0.717, 1.165) is 6.07 Å². The van der Waals surface area contributed by atoms with Crippen LogP contribution in [0.1, 0.15) is 15.9 Å². The molecule has 1 amide bonds. The molecule has 146 valence electrons. The van der Waals surface area contributed by atoms with Crippen molar-refractivity contribution in [3.63, 3.8) is 0 Å². The van der Waals surface area contributed by atoms with Crippen molar-refractivity contribution in [1.82, 2.24) is 9.97 Å². The maximum atomic E-state index is 13.3. The summed E-state index contributed by atoms with van der Waals surface area (Å²) >= 11 is 0. The number of rotatable bonds is 3. The lowest BCUT2D eigenvalue weighted by atomic mass is 10.1. The topological polar surface area (TPSA) is 84.7 Å². The van der Waals surface area contributed by atoms with Gasteiger partial charge in [-0.3, -0.25) is 4.79 Å². The summed E-state index contributed by atoms with van der Waals surface area (Å²) in [5.74, 6) is -0.485. The van der Waals surface area contributed by atoms with Gasteiger partial charge in [0.05, 0.1) is 22.3 Å². The van der Waals surface area contributed by atoms with Gasteiger partial charge < -0.3 is 15.5 Å². The number of amides is 1. The Bertz CT molecular complexity index is 1200. The number of nitrogens with zero attached hydrogens (tertiary/aromatic N) is 2. The number of hydrogen-bond acceptors (Lipinski definition) is 3. The van der Waals surface area contributed by atoms with Gasteiger partial charge in [-0.25, -0.2) is 4.98 Å². The van der Waals surface area contributed by atoms with E-state index in [4.69, 9.17) is 0 Å². The molecule has 0 fully saturated rings. The third-order valence-corrected chi connectivity index (χ3v) is 4.30. The van der Waals surface area contributed by atoms with Crippen molar-refractivity contribution in [2.45, 2.75) is 6.18 Å². The average molecular weight is 398 g/mol. The summed E-state index contributed by atoms with van der Waals surface area (Å²) < 4.78 is 40.6. The van der Waals surface area contributed by atoms with Crippen LogP contribution in [0.5, 0.6) is 0 Å². The Labute approximate surface area is 162 Å². The Morgan fingerprint density at radius 1 is 1.03 bits per heavy atom. The fourth-order valence-corrected chi connectivity index (χ4v) is 2.97. The molecule has 4 rings (SSSR count). The second-order valence-corrected chi connectivity index (χ2v) is 6.23. The zero-order chi connectivity index (χ0) is 20.6. The molecule has 0 aliphatic carbocycles. The van der Waals surface area contributed by atoms with Gasteiger partial charge in [0.15, 0.2) is 12.4 Å². The van der Waals surface area contributed by atoms with Crippen molar-refractivity contribution in [1.29, 1.82) is 0 Å². The van der Waals surface area contributed by atoms with E-state index in [2.05, 4.69) is 15.3 Å². The van der Waals surface area contributed by atoms with E-state index < -0.39 is 17.6 Å². The first-order valence-electron chi connectivity index (χ1n) is 8.48. The zero-order valence-electron chi connectivity index (χ0n) is 14.7. The number of halogens is 3. The minimum atomic E-state index is -4.54. The van der Waals surface area contributed by atoms with Crippen LogP contribution in [0.15, 0.2) is 67.0 Å². The number of anilines is 1. The summed E-state index contributed by atoms with van der Waals surface area (Å²) in [6.07, 6.45) is -2.07. The number of aromatic nitrogens is 3. The Balaban J connectivity index is 1.75. The third-order valence-electron chi connectivity index (χ3n) is 4.30. The number of imidazole rings is 1. The number of para-hydroxylation sites is 1. The van der Waals surface area contributed by atoms with Crippen molar-refractivity contribution in [3.8, 4) is 11.4 Å². The molecule has 0 aliphatic rings. The molecule has 0 aliphatic heterocycles. The molecule has 0 radical (unpaired) electrons. The molecule has 0 spiro atoms. The SMILES string of the molecule is O=C(Nc1cc[n+]([O-])cc1)c1cccc2[nH]c(-c3ccccc3C(F)(F)F)nc12. The average Bonchev–Trinajstić information content (AvgIpc) is 3.13. The summed E-state index contributed by atoms with van der Waals surface area (Å²) in [5, 5.41) is 13.7. The lowest BCUT2D eigenvalue weighted by Crippen LogP contribution is -2.24. The third kappa shape index (κ3) is 3.62. The zero-order valence-corrected chi connectivity index (χ0v) is 14.7. The predicted molar refractivity (Wildman–Crippen MR) is 99.9 cm³/mol. The molecule has 0 bridgehead atoms. The van der Waals surface area contributed by atoms with E-state index in [1.54, 1.807) is 12.1 Å². The smallest absolute Gasteiger partial charge is 0.417 e. The standard InChI is InChI=1S/C20H13F3N4O2/c21-20(22,23)15-6-2-1-4-13(15)18-25-16-7-3-5-14(17(16)26-18)19(28)24-12-8-10-27(29)11-9-12/h1-11H,(H,24,28)(H,25,26). The molecule has 4 aromatic rings. The highest BCUT2D eigenvalue weighted by Gasteiger charge is 2.34. The summed E-state index contributed by atoms with van der Waals surface area (Å²) in [7, 11) is 0. The second-order valence-electron chi connectivity index (χ2n) is 6.23. The highest BCUT2D eigenvalue weighted by Crippen LogP contribution is 2.36. The van der Waals surface area contributed by atoms with Crippen LogP contribution in [0.2, 0.25) is 0 Å². The van der Waals surface area contributed by atoms with Crippen LogP contribution < -0.4 is 10.0 Å². The Hall–Kier alpha value is -3.88. The molecule has 29 heavy (non-hydrogen) atoms. The van der Waals surface area contributed by atoms with Crippen molar-refractivity contribution >= 4 is 22.6 Å². The number of hydrogen-bond donors (Lipinski definition) is 2. The van der Waals surface area contributed by atoms with Crippen LogP contribution in [0.25, 0.3) is 22.4 Å². The van der Waals surface area contributed by atoms with Crippen molar-refractivity contribution in [2.75, 3.05) is 5.32 Å². The van der Waals surface area contributed by atoms with Gasteiger partial charge in [-0.1, -0.05) is 24.3 Å². The number of fused-ring (bicyclic) bond motifs is 1. The largest absolute Gasteiger partial charge is 0.619 e. The highest BCUT2D eigenvalue weighted by molar-refractivity contribution is 6.11. The summed E-state index contributed by atoms with van der Waals surface area (Å²) in [6.45, 7) is 0. The maximum absolute atomic E-state index is 13.3. The number of H-pyrrole nitrogens is 1. The first-order chi connectivity index (χ1) is 13.8. The summed E-state index contributed by atoms with van der Waals surface area (Å²) in [6, 6.07) is 12.7. The van der Waals surface area contributed by atoms with E-state index in [0.29, 0.717) is 15.9 Å². The number of alkyl halides is 3. The van der Waals surface area contributed by atoms with Gasteiger partial charge in [0.1, 0.15) is 11.3 Å². The van der Waals surface area contributed by atoms with Gasteiger partial charge in [-0.2, -0.15) is 17.9 Å². The van der Waals surface area contributed by atoms with E-state index in [1.165, 1.54) is 48.8 Å². The van der Waals surface area contributed by atoms with E-state index in [1.807, 2.05) is 0 Å². The number of benzene rings is 2. The molecule has 2 aromatic heterocycles. The summed E-state index contributed by atoms with van der Waals surface area (Å²) in [5.41, 5.74) is 0.332. The van der Waals surface area contributed by atoms with E-state index >= 15 is 0 Å². The second kappa shape index (κ2) is 6.93. The molecular formula is C20H13F3N4O2. The van der Waals surface area contributed by atoms with Crippen LogP contribution in [0.4, 0.5) is 18.9 Å². The fourth-order valence-electron chi connectivity index (χ4n) is 2.97. The monoisotopic (exact) mass is 398 g/mol. The molecule has 9 heteroatoms. The molecule has 2 aromatic carbocycles. The fraction of sp³-hybridized carbons (Fsp3) is 0.0500. The minimum absolute atomic E-state index is 0.0142. The predicted octanol–water partition coefficient (Wildman–Crippen LogP) is 4.13. The molecule has 0 saturated carbocycles. The lowest BCUT2D eigenvalue weighted by Gasteiger charge is -2.10. The van der Waals surface area contributed by atoms with Gasteiger partial charge in [0.25, 0.3) is 5.91 Å². The van der Waals surface area contributed by atoms with E-state index in [9.17, 15) is 23.2 Å².